The first-order chi connectivity index (χ1) is 10.1. The SMILES string of the molecule is CNCc1ccc(Oc2cccc(N(C)C)c2)c(C#N)c1. The average molecular weight is 281 g/mol. The van der Waals surface area contributed by atoms with Crippen molar-refractivity contribution in [1.29, 1.82) is 5.26 Å². The Morgan fingerprint density at radius 2 is 2.00 bits per heavy atom. The zero-order valence-corrected chi connectivity index (χ0v) is 12.6. The van der Waals surface area contributed by atoms with Gasteiger partial charge in [-0.2, -0.15) is 5.26 Å². The highest BCUT2D eigenvalue weighted by molar-refractivity contribution is 5.52. The highest BCUT2D eigenvalue weighted by Gasteiger charge is 2.07. The first-order valence-electron chi connectivity index (χ1n) is 6.77. The van der Waals surface area contributed by atoms with Crippen LogP contribution < -0.4 is 15.0 Å². The minimum absolute atomic E-state index is 0.540. The number of anilines is 1. The van der Waals surface area contributed by atoms with E-state index in [2.05, 4.69) is 11.4 Å². The highest BCUT2D eigenvalue weighted by atomic mass is 16.5. The number of rotatable bonds is 5. The fourth-order valence-electron chi connectivity index (χ4n) is 2.02. The van der Waals surface area contributed by atoms with Crippen molar-refractivity contribution < 1.29 is 4.74 Å². The van der Waals surface area contributed by atoms with Crippen LogP contribution in [-0.4, -0.2) is 21.1 Å². The maximum atomic E-state index is 9.27. The molecule has 0 amide bonds. The van der Waals surface area contributed by atoms with Gasteiger partial charge in [0.05, 0.1) is 5.56 Å². The number of nitrogens with one attached hydrogen (secondary N) is 1. The maximum absolute atomic E-state index is 9.27. The van der Waals surface area contributed by atoms with Gasteiger partial charge in [0.1, 0.15) is 17.6 Å². The van der Waals surface area contributed by atoms with Crippen molar-refractivity contribution in [3.8, 4) is 17.6 Å². The minimum atomic E-state index is 0.540. The summed E-state index contributed by atoms with van der Waals surface area (Å²) in [7, 11) is 5.84. The summed E-state index contributed by atoms with van der Waals surface area (Å²) in [6, 6.07) is 15.6. The van der Waals surface area contributed by atoms with E-state index < -0.39 is 0 Å². The molecule has 4 heteroatoms. The van der Waals surface area contributed by atoms with Crippen LogP contribution in [-0.2, 0) is 6.54 Å². The van der Waals surface area contributed by atoms with E-state index in [-0.39, 0.29) is 0 Å². The Morgan fingerprint density at radius 1 is 1.19 bits per heavy atom. The molecule has 0 saturated heterocycles. The molecule has 0 saturated carbocycles. The van der Waals surface area contributed by atoms with Gasteiger partial charge in [0, 0.05) is 32.4 Å². The van der Waals surface area contributed by atoms with Crippen LogP contribution in [0.4, 0.5) is 5.69 Å². The Labute approximate surface area is 125 Å². The monoisotopic (exact) mass is 281 g/mol. The van der Waals surface area contributed by atoms with Crippen molar-refractivity contribution in [2.75, 3.05) is 26.0 Å². The summed E-state index contributed by atoms with van der Waals surface area (Å²) in [5, 5.41) is 12.3. The van der Waals surface area contributed by atoms with Crippen molar-refractivity contribution in [1.82, 2.24) is 5.32 Å². The van der Waals surface area contributed by atoms with Crippen molar-refractivity contribution in [3.05, 3.63) is 53.6 Å². The Kier molecular flexibility index (Phi) is 4.81. The van der Waals surface area contributed by atoms with Crippen LogP contribution in [0.15, 0.2) is 42.5 Å². The molecule has 0 bridgehead atoms. The summed E-state index contributed by atoms with van der Waals surface area (Å²) >= 11 is 0. The number of nitrogens with zero attached hydrogens (tertiary/aromatic N) is 2. The molecule has 0 aromatic heterocycles. The Morgan fingerprint density at radius 3 is 2.67 bits per heavy atom. The summed E-state index contributed by atoms with van der Waals surface area (Å²) in [4.78, 5) is 2.01. The fourth-order valence-corrected chi connectivity index (χ4v) is 2.02. The number of hydrogen-bond acceptors (Lipinski definition) is 4. The van der Waals surface area contributed by atoms with E-state index in [1.807, 2.05) is 68.5 Å². The van der Waals surface area contributed by atoms with Crippen LogP contribution in [0.1, 0.15) is 11.1 Å². The van der Waals surface area contributed by atoms with E-state index in [4.69, 9.17) is 4.74 Å². The van der Waals surface area contributed by atoms with Crippen molar-refractivity contribution in [3.63, 3.8) is 0 Å². The maximum Gasteiger partial charge on any atom is 0.145 e. The topological polar surface area (TPSA) is 48.3 Å². The van der Waals surface area contributed by atoms with Crippen LogP contribution >= 0.6 is 0 Å². The predicted molar refractivity (Wildman–Crippen MR) is 84.8 cm³/mol. The van der Waals surface area contributed by atoms with Crippen molar-refractivity contribution in [2.24, 2.45) is 0 Å². The second kappa shape index (κ2) is 6.78. The fraction of sp³-hybridized carbons (Fsp3) is 0.235. The van der Waals surface area contributed by atoms with Gasteiger partial charge in [-0.05, 0) is 36.9 Å². The lowest BCUT2D eigenvalue weighted by Gasteiger charge is -2.14. The zero-order valence-electron chi connectivity index (χ0n) is 12.6. The largest absolute Gasteiger partial charge is 0.456 e. The van der Waals surface area contributed by atoms with Crippen LogP contribution in [0.3, 0.4) is 0 Å². The first-order valence-corrected chi connectivity index (χ1v) is 6.77. The quantitative estimate of drug-likeness (QED) is 0.914. The average Bonchev–Trinajstić information content (AvgIpc) is 2.49. The standard InChI is InChI=1S/C17H19N3O/c1-19-12-13-7-8-17(14(9-13)11-18)21-16-6-4-5-15(10-16)20(2)3/h4-10,19H,12H2,1-3H3. The molecule has 0 radical (unpaired) electrons. The molecule has 2 rings (SSSR count). The van der Waals surface area contributed by atoms with Gasteiger partial charge >= 0.3 is 0 Å². The van der Waals surface area contributed by atoms with E-state index in [1.54, 1.807) is 0 Å². The van der Waals surface area contributed by atoms with Gasteiger partial charge in [0.2, 0.25) is 0 Å². The highest BCUT2D eigenvalue weighted by Crippen LogP contribution is 2.28. The summed E-state index contributed by atoms with van der Waals surface area (Å²) in [5.41, 5.74) is 2.65. The predicted octanol–water partition coefficient (Wildman–Crippen LogP) is 3.14. The third kappa shape index (κ3) is 3.74. The lowest BCUT2D eigenvalue weighted by molar-refractivity contribution is 0.481. The Balaban J connectivity index is 2.27. The van der Waals surface area contributed by atoms with E-state index in [1.165, 1.54) is 0 Å². The van der Waals surface area contributed by atoms with E-state index in [0.717, 1.165) is 23.5 Å². The molecule has 0 spiro atoms. The molecule has 0 aliphatic carbocycles. The van der Waals surface area contributed by atoms with E-state index in [9.17, 15) is 5.26 Å². The number of hydrogen-bond donors (Lipinski definition) is 1. The second-order valence-electron chi connectivity index (χ2n) is 4.97. The first kappa shape index (κ1) is 14.9. The van der Waals surface area contributed by atoms with Crippen LogP contribution in [0, 0.1) is 11.3 Å². The molecule has 0 unspecified atom stereocenters. The molecule has 1 N–H and O–H groups in total. The van der Waals surface area contributed by atoms with Crippen LogP contribution in [0.25, 0.3) is 0 Å². The van der Waals surface area contributed by atoms with Gasteiger partial charge in [0.15, 0.2) is 0 Å². The summed E-state index contributed by atoms with van der Waals surface area (Å²) in [5.74, 6) is 1.30. The van der Waals surface area contributed by atoms with Crippen molar-refractivity contribution in [2.45, 2.75) is 6.54 Å². The lowest BCUT2D eigenvalue weighted by Crippen LogP contribution is -2.08. The molecule has 0 fully saturated rings. The summed E-state index contributed by atoms with van der Waals surface area (Å²) in [6.07, 6.45) is 0. The lowest BCUT2D eigenvalue weighted by atomic mass is 10.1. The van der Waals surface area contributed by atoms with Crippen molar-refractivity contribution >= 4 is 5.69 Å². The molecule has 21 heavy (non-hydrogen) atoms. The van der Waals surface area contributed by atoms with E-state index in [0.29, 0.717) is 11.3 Å². The molecule has 108 valence electrons. The van der Waals surface area contributed by atoms with Gasteiger partial charge in [-0.25, -0.2) is 0 Å². The number of nitriles is 1. The van der Waals surface area contributed by atoms with Crippen LogP contribution in [0.2, 0.25) is 0 Å². The molecule has 0 atom stereocenters. The molecule has 0 aliphatic rings. The van der Waals surface area contributed by atoms with Gasteiger partial charge < -0.3 is 15.0 Å². The molecule has 2 aromatic rings. The Hall–Kier alpha value is -2.51. The normalized spacial score (nSPS) is 10.0. The molecule has 4 nitrogen and oxygen atoms in total. The smallest absolute Gasteiger partial charge is 0.145 e. The zero-order chi connectivity index (χ0) is 15.2. The van der Waals surface area contributed by atoms with Gasteiger partial charge in [-0.1, -0.05) is 12.1 Å². The summed E-state index contributed by atoms with van der Waals surface area (Å²) in [6.45, 7) is 0.727. The summed E-state index contributed by atoms with van der Waals surface area (Å²) < 4.78 is 5.85. The van der Waals surface area contributed by atoms with Gasteiger partial charge in [0.25, 0.3) is 0 Å². The molecular formula is C17H19N3O. The number of ether oxygens (including phenoxy) is 1. The van der Waals surface area contributed by atoms with E-state index >= 15 is 0 Å². The molecular weight excluding hydrogens is 262 g/mol. The third-order valence-corrected chi connectivity index (χ3v) is 3.11. The van der Waals surface area contributed by atoms with Crippen LogP contribution in [0.5, 0.6) is 11.5 Å². The third-order valence-electron chi connectivity index (χ3n) is 3.11. The second-order valence-corrected chi connectivity index (χ2v) is 4.97. The Bertz CT molecular complexity index is 659. The molecule has 2 aromatic carbocycles. The molecule has 0 aliphatic heterocycles. The van der Waals surface area contributed by atoms with Gasteiger partial charge in [-0.15, -0.1) is 0 Å². The molecule has 0 heterocycles. The van der Waals surface area contributed by atoms with Gasteiger partial charge in [-0.3, -0.25) is 0 Å². The number of benzene rings is 2. The minimum Gasteiger partial charge on any atom is -0.456 e.